The molecule has 1 amide bonds. The molecule has 19 heavy (non-hydrogen) atoms. The second-order valence-electron chi connectivity index (χ2n) is 5.07. The number of para-hydroxylation sites is 2. The van der Waals surface area contributed by atoms with Crippen LogP contribution in [0, 0.1) is 0 Å². The molecule has 3 rings (SSSR count). The van der Waals surface area contributed by atoms with E-state index in [4.69, 9.17) is 0 Å². The van der Waals surface area contributed by atoms with Crippen molar-refractivity contribution in [3.05, 3.63) is 30.1 Å². The van der Waals surface area contributed by atoms with Gasteiger partial charge < -0.3 is 10.3 Å². The highest BCUT2D eigenvalue weighted by atomic mass is 32.2. The van der Waals surface area contributed by atoms with Crippen LogP contribution in [0.25, 0.3) is 11.0 Å². The third kappa shape index (κ3) is 2.47. The van der Waals surface area contributed by atoms with Crippen LogP contribution in [0.15, 0.2) is 24.3 Å². The number of carbonyl (C=O) groups is 1. The SMILES string of the molecule is CC1(C(=O)NCc2nc3ccccc3[nH]2)CCCS1. The van der Waals surface area contributed by atoms with Gasteiger partial charge in [-0.2, -0.15) is 0 Å². The van der Waals surface area contributed by atoms with E-state index >= 15 is 0 Å². The van der Waals surface area contributed by atoms with Crippen LogP contribution in [0.2, 0.25) is 0 Å². The second-order valence-corrected chi connectivity index (χ2v) is 6.66. The topological polar surface area (TPSA) is 57.8 Å². The van der Waals surface area contributed by atoms with Crippen LogP contribution in [0.4, 0.5) is 0 Å². The average molecular weight is 275 g/mol. The molecule has 4 nitrogen and oxygen atoms in total. The molecule has 2 N–H and O–H groups in total. The summed E-state index contributed by atoms with van der Waals surface area (Å²) in [7, 11) is 0. The van der Waals surface area contributed by atoms with Gasteiger partial charge in [0.05, 0.1) is 22.3 Å². The molecule has 0 bridgehead atoms. The van der Waals surface area contributed by atoms with Crippen molar-refractivity contribution < 1.29 is 4.79 Å². The van der Waals surface area contributed by atoms with Crippen LogP contribution in [0.3, 0.4) is 0 Å². The van der Waals surface area contributed by atoms with E-state index < -0.39 is 0 Å². The summed E-state index contributed by atoms with van der Waals surface area (Å²) in [6.45, 7) is 2.49. The highest BCUT2D eigenvalue weighted by Crippen LogP contribution is 2.37. The molecule has 0 aliphatic carbocycles. The van der Waals surface area contributed by atoms with Crippen LogP contribution >= 0.6 is 11.8 Å². The number of hydrogen-bond acceptors (Lipinski definition) is 3. The van der Waals surface area contributed by atoms with Crippen molar-refractivity contribution in [3.63, 3.8) is 0 Å². The van der Waals surface area contributed by atoms with E-state index in [0.717, 1.165) is 35.5 Å². The molecule has 1 fully saturated rings. The van der Waals surface area contributed by atoms with E-state index in [0.29, 0.717) is 6.54 Å². The number of hydrogen-bond donors (Lipinski definition) is 2. The number of amides is 1. The molecule has 0 saturated carbocycles. The molecule has 5 heteroatoms. The second kappa shape index (κ2) is 4.89. The Hall–Kier alpha value is -1.49. The maximum absolute atomic E-state index is 12.2. The number of fused-ring (bicyclic) bond motifs is 1. The van der Waals surface area contributed by atoms with Gasteiger partial charge in [-0.15, -0.1) is 11.8 Å². The number of imidazole rings is 1. The zero-order chi connectivity index (χ0) is 13.3. The van der Waals surface area contributed by atoms with Gasteiger partial charge in [-0.05, 0) is 37.7 Å². The molecule has 0 spiro atoms. The lowest BCUT2D eigenvalue weighted by Crippen LogP contribution is -2.40. The number of H-pyrrole nitrogens is 1. The van der Waals surface area contributed by atoms with Crippen molar-refractivity contribution in [2.75, 3.05) is 5.75 Å². The van der Waals surface area contributed by atoms with Crippen molar-refractivity contribution in [1.82, 2.24) is 15.3 Å². The number of nitrogens with one attached hydrogen (secondary N) is 2. The fourth-order valence-electron chi connectivity index (χ4n) is 2.40. The molecular formula is C14H17N3OS. The largest absolute Gasteiger partial charge is 0.348 e. The number of aromatic nitrogens is 2. The van der Waals surface area contributed by atoms with E-state index in [2.05, 4.69) is 15.3 Å². The first-order valence-corrected chi connectivity index (χ1v) is 7.52. The number of thioether (sulfide) groups is 1. The summed E-state index contributed by atoms with van der Waals surface area (Å²) in [5, 5.41) is 2.99. The van der Waals surface area contributed by atoms with Crippen LogP contribution < -0.4 is 5.32 Å². The minimum Gasteiger partial charge on any atom is -0.348 e. The molecule has 1 saturated heterocycles. The van der Waals surface area contributed by atoms with Gasteiger partial charge in [0.2, 0.25) is 5.91 Å². The Morgan fingerprint density at radius 1 is 1.53 bits per heavy atom. The predicted octanol–water partition coefficient (Wildman–Crippen LogP) is 2.46. The van der Waals surface area contributed by atoms with Crippen molar-refractivity contribution >= 4 is 28.7 Å². The first kappa shape index (κ1) is 12.5. The van der Waals surface area contributed by atoms with Crippen LogP contribution in [-0.2, 0) is 11.3 Å². The Labute approximate surface area is 116 Å². The fraction of sp³-hybridized carbons (Fsp3) is 0.429. The number of aromatic amines is 1. The average Bonchev–Trinajstić information content (AvgIpc) is 3.02. The summed E-state index contributed by atoms with van der Waals surface area (Å²) in [6, 6.07) is 7.88. The van der Waals surface area contributed by atoms with E-state index in [9.17, 15) is 4.79 Å². The standard InChI is InChI=1S/C14H17N3OS/c1-14(7-4-8-19-14)13(18)15-9-12-16-10-5-2-3-6-11(10)17-12/h2-3,5-6H,4,7-9H2,1H3,(H,15,18)(H,16,17). The number of carbonyl (C=O) groups excluding carboxylic acids is 1. The van der Waals surface area contributed by atoms with Crippen LogP contribution in [0.5, 0.6) is 0 Å². The number of nitrogens with zero attached hydrogens (tertiary/aromatic N) is 1. The minimum absolute atomic E-state index is 0.121. The van der Waals surface area contributed by atoms with E-state index in [-0.39, 0.29) is 10.7 Å². The van der Waals surface area contributed by atoms with Gasteiger partial charge in [0, 0.05) is 0 Å². The molecule has 2 aromatic rings. The third-order valence-electron chi connectivity index (χ3n) is 3.55. The molecule has 1 aliphatic heterocycles. The normalized spacial score (nSPS) is 22.8. The van der Waals surface area contributed by atoms with E-state index in [1.807, 2.05) is 31.2 Å². The van der Waals surface area contributed by atoms with E-state index in [1.165, 1.54) is 0 Å². The Balaban J connectivity index is 1.67. The third-order valence-corrected chi connectivity index (χ3v) is 5.07. The smallest absolute Gasteiger partial charge is 0.236 e. The minimum atomic E-state index is -0.258. The summed E-state index contributed by atoms with van der Waals surface area (Å²) in [5.74, 6) is 2.01. The fourth-order valence-corrected chi connectivity index (χ4v) is 3.63. The van der Waals surface area contributed by atoms with Gasteiger partial charge in [-0.1, -0.05) is 12.1 Å². The van der Waals surface area contributed by atoms with Crippen molar-refractivity contribution in [2.24, 2.45) is 0 Å². The Morgan fingerprint density at radius 2 is 2.37 bits per heavy atom. The highest BCUT2D eigenvalue weighted by molar-refractivity contribution is 8.01. The molecule has 1 atom stereocenters. The zero-order valence-electron chi connectivity index (χ0n) is 10.9. The summed E-state index contributed by atoms with van der Waals surface area (Å²) in [4.78, 5) is 19.9. The lowest BCUT2D eigenvalue weighted by Gasteiger charge is -2.20. The van der Waals surface area contributed by atoms with Crippen LogP contribution in [0.1, 0.15) is 25.6 Å². The van der Waals surface area contributed by atoms with Crippen molar-refractivity contribution in [2.45, 2.75) is 31.1 Å². The van der Waals surface area contributed by atoms with Gasteiger partial charge in [-0.3, -0.25) is 4.79 Å². The Morgan fingerprint density at radius 3 is 3.11 bits per heavy atom. The van der Waals surface area contributed by atoms with Gasteiger partial charge >= 0.3 is 0 Å². The van der Waals surface area contributed by atoms with Crippen LogP contribution in [-0.4, -0.2) is 26.4 Å². The number of rotatable bonds is 3. The summed E-state index contributed by atoms with van der Waals surface area (Å²) < 4.78 is -0.258. The zero-order valence-corrected chi connectivity index (χ0v) is 11.7. The van der Waals surface area contributed by atoms with Gasteiger partial charge in [0.25, 0.3) is 0 Å². The summed E-state index contributed by atoms with van der Waals surface area (Å²) in [5.41, 5.74) is 1.95. The summed E-state index contributed by atoms with van der Waals surface area (Å²) in [6.07, 6.45) is 2.09. The maximum atomic E-state index is 12.2. The molecule has 1 aromatic carbocycles. The Bertz CT molecular complexity index is 569. The molecule has 1 unspecified atom stereocenters. The predicted molar refractivity (Wildman–Crippen MR) is 78.0 cm³/mol. The van der Waals surface area contributed by atoms with Crippen molar-refractivity contribution in [1.29, 1.82) is 0 Å². The quantitative estimate of drug-likeness (QED) is 0.904. The highest BCUT2D eigenvalue weighted by Gasteiger charge is 2.36. The lowest BCUT2D eigenvalue weighted by atomic mass is 10.1. The van der Waals surface area contributed by atoms with Gasteiger partial charge in [0.1, 0.15) is 5.82 Å². The molecule has 0 radical (unpaired) electrons. The first-order chi connectivity index (χ1) is 9.17. The first-order valence-electron chi connectivity index (χ1n) is 6.53. The molecule has 2 heterocycles. The van der Waals surface area contributed by atoms with Gasteiger partial charge in [0.15, 0.2) is 0 Å². The van der Waals surface area contributed by atoms with Gasteiger partial charge in [-0.25, -0.2) is 4.98 Å². The van der Waals surface area contributed by atoms with E-state index in [1.54, 1.807) is 11.8 Å². The van der Waals surface area contributed by atoms with Crippen molar-refractivity contribution in [3.8, 4) is 0 Å². The number of benzene rings is 1. The molecule has 1 aromatic heterocycles. The molecular weight excluding hydrogens is 258 g/mol. The molecule has 1 aliphatic rings. The summed E-state index contributed by atoms with van der Waals surface area (Å²) >= 11 is 1.75. The Kier molecular flexibility index (Phi) is 3.22. The lowest BCUT2D eigenvalue weighted by molar-refractivity contribution is -0.123. The monoisotopic (exact) mass is 275 g/mol. The molecule has 100 valence electrons. The maximum Gasteiger partial charge on any atom is 0.236 e.